The van der Waals surface area contributed by atoms with E-state index in [1.165, 1.54) is 11.8 Å². The predicted octanol–water partition coefficient (Wildman–Crippen LogP) is 3.43. The highest BCUT2D eigenvalue weighted by atomic mass is 32.2. The molecule has 1 aromatic carbocycles. The first-order valence-electron chi connectivity index (χ1n) is 9.14. The van der Waals surface area contributed by atoms with Crippen LogP contribution >= 0.6 is 11.8 Å². The molecule has 0 bridgehead atoms. The third-order valence-electron chi connectivity index (χ3n) is 4.01. The molecule has 0 fully saturated rings. The van der Waals surface area contributed by atoms with Gasteiger partial charge in [-0.15, -0.1) is 10.2 Å². The summed E-state index contributed by atoms with van der Waals surface area (Å²) in [6, 6.07) is 13.3. The minimum absolute atomic E-state index is 0.114. The molecule has 3 aromatic rings. The second kappa shape index (κ2) is 9.89. The summed E-state index contributed by atoms with van der Waals surface area (Å²) in [7, 11) is 0. The van der Waals surface area contributed by atoms with Gasteiger partial charge in [0, 0.05) is 24.9 Å². The Balaban J connectivity index is 1.60. The second-order valence-corrected chi connectivity index (χ2v) is 7.36. The highest BCUT2D eigenvalue weighted by Gasteiger charge is 2.19. The Morgan fingerprint density at radius 1 is 1.25 bits per heavy atom. The van der Waals surface area contributed by atoms with Gasteiger partial charge in [0.2, 0.25) is 5.91 Å². The van der Waals surface area contributed by atoms with Gasteiger partial charge in [0.1, 0.15) is 12.1 Å². The topological polar surface area (TPSA) is 81.9 Å². The fourth-order valence-electron chi connectivity index (χ4n) is 2.57. The molecule has 1 N–H and O–H groups in total. The maximum absolute atomic E-state index is 12.6. The van der Waals surface area contributed by atoms with Crippen molar-refractivity contribution in [1.29, 1.82) is 0 Å². The molecule has 1 unspecified atom stereocenters. The molecule has 28 heavy (non-hydrogen) atoms. The summed E-state index contributed by atoms with van der Waals surface area (Å²) in [4.78, 5) is 17.0. The molecular formula is C20H23N5O2S. The molecular weight excluding hydrogens is 374 g/mol. The molecule has 0 radical (unpaired) electrons. The number of hydrogen-bond donors (Lipinski definition) is 1. The number of carbonyl (C=O) groups is 1. The van der Waals surface area contributed by atoms with Gasteiger partial charge < -0.3 is 14.6 Å². The van der Waals surface area contributed by atoms with Gasteiger partial charge in [-0.2, -0.15) is 0 Å². The van der Waals surface area contributed by atoms with E-state index in [-0.39, 0.29) is 11.2 Å². The van der Waals surface area contributed by atoms with Crippen molar-refractivity contribution < 1.29 is 9.53 Å². The fraction of sp³-hybridized carbons (Fsp3) is 0.300. The van der Waals surface area contributed by atoms with E-state index < -0.39 is 0 Å². The number of nitrogens with one attached hydrogen (secondary N) is 1. The molecule has 2 aromatic heterocycles. The number of hydrogen-bond acceptors (Lipinski definition) is 6. The Morgan fingerprint density at radius 2 is 2.07 bits per heavy atom. The zero-order valence-electron chi connectivity index (χ0n) is 15.9. The molecule has 0 aliphatic carbocycles. The fourth-order valence-corrected chi connectivity index (χ4v) is 3.42. The minimum Gasteiger partial charge on any atom is -0.492 e. The summed E-state index contributed by atoms with van der Waals surface area (Å²) in [6.07, 6.45) is 4.23. The van der Waals surface area contributed by atoms with Gasteiger partial charge in [-0.3, -0.25) is 9.78 Å². The van der Waals surface area contributed by atoms with E-state index in [0.29, 0.717) is 29.7 Å². The molecule has 0 aliphatic rings. The van der Waals surface area contributed by atoms with Crippen molar-refractivity contribution >= 4 is 23.4 Å². The average Bonchev–Trinajstić information content (AvgIpc) is 3.15. The number of ether oxygens (including phenoxy) is 1. The lowest BCUT2D eigenvalue weighted by atomic mass is 10.3. The Kier molecular flexibility index (Phi) is 7.02. The molecule has 8 heteroatoms. The van der Waals surface area contributed by atoms with Gasteiger partial charge in [0.05, 0.1) is 17.5 Å². The molecule has 7 nitrogen and oxygen atoms in total. The number of anilines is 1. The number of amides is 1. The van der Waals surface area contributed by atoms with E-state index in [4.69, 9.17) is 4.74 Å². The summed E-state index contributed by atoms with van der Waals surface area (Å²) in [5, 5.41) is 11.4. The smallest absolute Gasteiger partial charge is 0.237 e. The first-order chi connectivity index (χ1) is 13.7. The van der Waals surface area contributed by atoms with Crippen LogP contribution in [-0.2, 0) is 17.8 Å². The lowest BCUT2D eigenvalue weighted by Gasteiger charge is -2.15. The van der Waals surface area contributed by atoms with Crippen LogP contribution in [0, 0.1) is 0 Å². The van der Waals surface area contributed by atoms with E-state index in [1.807, 2.05) is 60.9 Å². The molecule has 3 rings (SSSR count). The summed E-state index contributed by atoms with van der Waals surface area (Å²) < 4.78 is 7.50. The van der Waals surface area contributed by atoms with Crippen molar-refractivity contribution in [2.45, 2.75) is 37.2 Å². The first kappa shape index (κ1) is 19.9. The van der Waals surface area contributed by atoms with Crippen molar-refractivity contribution in [3.05, 3.63) is 60.7 Å². The van der Waals surface area contributed by atoms with Crippen LogP contribution in [0.5, 0.6) is 5.75 Å². The van der Waals surface area contributed by atoms with Crippen LogP contribution in [0.1, 0.15) is 19.5 Å². The van der Waals surface area contributed by atoms with Gasteiger partial charge in [-0.25, -0.2) is 0 Å². The third-order valence-corrected chi connectivity index (χ3v) is 5.11. The normalized spacial score (nSPS) is 11.8. The predicted molar refractivity (Wildman–Crippen MR) is 110 cm³/mol. The van der Waals surface area contributed by atoms with Crippen molar-refractivity contribution in [3.8, 4) is 5.75 Å². The summed E-state index contributed by atoms with van der Waals surface area (Å²) >= 11 is 1.37. The van der Waals surface area contributed by atoms with E-state index in [1.54, 1.807) is 12.5 Å². The molecule has 2 heterocycles. The van der Waals surface area contributed by atoms with E-state index in [2.05, 4.69) is 20.5 Å². The Bertz CT molecular complexity index is 900. The standard InChI is InChI=1S/C20H23N5O2S/c1-3-27-18-10-5-4-9-17(18)23-19(26)15(2)28-20-24-22-14-25(20)13-11-16-8-6-7-12-21-16/h4-10,12,14-15H,3,11,13H2,1-2H3,(H,23,26). The summed E-state index contributed by atoms with van der Waals surface area (Å²) in [6.45, 7) is 5.00. The van der Waals surface area contributed by atoms with Crippen LogP contribution in [-0.4, -0.2) is 37.5 Å². The maximum atomic E-state index is 12.6. The zero-order chi connectivity index (χ0) is 19.8. The first-order valence-corrected chi connectivity index (χ1v) is 10.0. The van der Waals surface area contributed by atoms with Crippen LogP contribution in [0.25, 0.3) is 0 Å². The quantitative estimate of drug-likeness (QED) is 0.557. The molecule has 0 saturated heterocycles. The van der Waals surface area contributed by atoms with Crippen LogP contribution in [0.15, 0.2) is 60.1 Å². The van der Waals surface area contributed by atoms with Crippen molar-refractivity contribution in [1.82, 2.24) is 19.7 Å². The Hall–Kier alpha value is -2.87. The van der Waals surface area contributed by atoms with Crippen LogP contribution in [0.3, 0.4) is 0 Å². The number of rotatable bonds is 9. The number of pyridine rings is 1. The van der Waals surface area contributed by atoms with E-state index in [9.17, 15) is 4.79 Å². The molecule has 0 spiro atoms. The molecule has 1 amide bonds. The summed E-state index contributed by atoms with van der Waals surface area (Å²) in [5.74, 6) is 0.547. The van der Waals surface area contributed by atoms with Crippen LogP contribution in [0.4, 0.5) is 5.69 Å². The SMILES string of the molecule is CCOc1ccccc1NC(=O)C(C)Sc1nncn1CCc1ccccn1. The molecule has 0 saturated carbocycles. The van der Waals surface area contributed by atoms with Crippen molar-refractivity contribution in [2.75, 3.05) is 11.9 Å². The van der Waals surface area contributed by atoms with E-state index >= 15 is 0 Å². The van der Waals surface area contributed by atoms with Crippen molar-refractivity contribution in [3.63, 3.8) is 0 Å². The van der Waals surface area contributed by atoms with Gasteiger partial charge in [0.15, 0.2) is 5.16 Å². The highest BCUT2D eigenvalue weighted by molar-refractivity contribution is 8.00. The van der Waals surface area contributed by atoms with Crippen LogP contribution < -0.4 is 10.1 Å². The van der Waals surface area contributed by atoms with Crippen LogP contribution in [0.2, 0.25) is 0 Å². The lowest BCUT2D eigenvalue weighted by Crippen LogP contribution is -2.23. The van der Waals surface area contributed by atoms with E-state index in [0.717, 1.165) is 12.1 Å². The highest BCUT2D eigenvalue weighted by Crippen LogP contribution is 2.26. The second-order valence-electron chi connectivity index (χ2n) is 6.06. The number of carbonyl (C=O) groups excluding carboxylic acids is 1. The molecule has 146 valence electrons. The number of aromatic nitrogens is 4. The number of aryl methyl sites for hydroxylation is 2. The van der Waals surface area contributed by atoms with Gasteiger partial charge in [-0.1, -0.05) is 30.0 Å². The number of benzene rings is 1. The number of para-hydroxylation sites is 2. The maximum Gasteiger partial charge on any atom is 0.237 e. The zero-order valence-corrected chi connectivity index (χ0v) is 16.7. The Morgan fingerprint density at radius 3 is 2.86 bits per heavy atom. The number of thioether (sulfide) groups is 1. The van der Waals surface area contributed by atoms with Gasteiger partial charge >= 0.3 is 0 Å². The molecule has 0 aliphatic heterocycles. The monoisotopic (exact) mass is 397 g/mol. The summed E-state index contributed by atoms with van der Waals surface area (Å²) in [5.41, 5.74) is 1.67. The number of nitrogens with zero attached hydrogens (tertiary/aromatic N) is 4. The lowest BCUT2D eigenvalue weighted by molar-refractivity contribution is -0.115. The van der Waals surface area contributed by atoms with Gasteiger partial charge in [0.25, 0.3) is 0 Å². The Labute approximate surface area is 168 Å². The largest absolute Gasteiger partial charge is 0.492 e. The minimum atomic E-state index is -0.340. The van der Waals surface area contributed by atoms with Gasteiger partial charge in [-0.05, 0) is 38.1 Å². The average molecular weight is 398 g/mol. The molecule has 1 atom stereocenters. The van der Waals surface area contributed by atoms with Crippen molar-refractivity contribution in [2.24, 2.45) is 0 Å². The third kappa shape index (κ3) is 5.32.